The highest BCUT2D eigenvalue weighted by atomic mass is 16.5. The van der Waals surface area contributed by atoms with Crippen molar-refractivity contribution < 1.29 is 18.8 Å². The van der Waals surface area contributed by atoms with E-state index in [1.807, 2.05) is 33.8 Å². The lowest BCUT2D eigenvalue weighted by Gasteiger charge is -2.13. The maximum atomic E-state index is 12.2. The van der Waals surface area contributed by atoms with Crippen molar-refractivity contribution in [3.8, 4) is 11.5 Å². The van der Waals surface area contributed by atoms with Crippen LogP contribution in [0.4, 0.5) is 5.69 Å². The molecule has 7 heteroatoms. The fourth-order valence-corrected chi connectivity index (χ4v) is 2.21. The first-order valence-corrected chi connectivity index (χ1v) is 8.10. The van der Waals surface area contributed by atoms with Crippen LogP contribution in [0.2, 0.25) is 0 Å². The molecule has 1 aromatic carbocycles. The van der Waals surface area contributed by atoms with Gasteiger partial charge in [0.1, 0.15) is 0 Å². The number of amides is 1. The number of nitrogens with one attached hydrogen (secondary N) is 1. The number of carbonyl (C=O) groups excluding carboxylic acids is 1. The van der Waals surface area contributed by atoms with E-state index in [0.717, 1.165) is 5.56 Å². The molecule has 0 radical (unpaired) electrons. The normalized spacial score (nSPS) is 11.3. The molecule has 0 atom stereocenters. The second-order valence-electron chi connectivity index (χ2n) is 6.83. The van der Waals surface area contributed by atoms with E-state index >= 15 is 0 Å². The highest BCUT2D eigenvalue weighted by Gasteiger charge is 2.21. The Morgan fingerprint density at radius 2 is 1.84 bits per heavy atom. The van der Waals surface area contributed by atoms with Crippen LogP contribution in [-0.4, -0.2) is 30.3 Å². The summed E-state index contributed by atoms with van der Waals surface area (Å²) in [6.07, 6.45) is 0.640. The van der Waals surface area contributed by atoms with Gasteiger partial charge in [0.2, 0.25) is 11.8 Å². The maximum absolute atomic E-state index is 12.2. The Morgan fingerprint density at radius 1 is 1.20 bits per heavy atom. The Bertz CT molecular complexity index is 747. The topological polar surface area (TPSA) is 86.5 Å². The molecule has 1 aromatic heterocycles. The van der Waals surface area contributed by atoms with Crippen LogP contribution < -0.4 is 14.8 Å². The number of carbonyl (C=O) groups is 1. The summed E-state index contributed by atoms with van der Waals surface area (Å²) < 4.78 is 15.7. The molecule has 1 heterocycles. The summed E-state index contributed by atoms with van der Waals surface area (Å²) in [5, 5.41) is 6.84. The Kier molecular flexibility index (Phi) is 5.66. The third kappa shape index (κ3) is 4.71. The molecular weight excluding hydrogens is 322 g/mol. The number of hydrogen-bond acceptors (Lipinski definition) is 6. The lowest BCUT2D eigenvalue weighted by Crippen LogP contribution is -2.14. The average Bonchev–Trinajstić information content (AvgIpc) is 3.03. The summed E-state index contributed by atoms with van der Waals surface area (Å²) in [7, 11) is 3.13. The van der Waals surface area contributed by atoms with Gasteiger partial charge in [-0.25, -0.2) is 0 Å². The lowest BCUT2D eigenvalue weighted by atomic mass is 9.96. The van der Waals surface area contributed by atoms with Crippen LogP contribution in [0, 0.1) is 6.92 Å². The summed E-state index contributed by atoms with van der Waals surface area (Å²) >= 11 is 0. The smallest absolute Gasteiger partial charge is 0.227 e. The summed E-state index contributed by atoms with van der Waals surface area (Å²) in [5.41, 5.74) is 1.39. The molecule has 0 unspecified atom stereocenters. The van der Waals surface area contributed by atoms with Crippen molar-refractivity contribution in [2.45, 2.75) is 46.0 Å². The number of nitrogens with zero attached hydrogens (tertiary/aromatic N) is 2. The van der Waals surface area contributed by atoms with E-state index < -0.39 is 0 Å². The molecule has 0 bridgehead atoms. The van der Waals surface area contributed by atoms with Gasteiger partial charge in [0.15, 0.2) is 17.3 Å². The van der Waals surface area contributed by atoms with Crippen molar-refractivity contribution in [3.63, 3.8) is 0 Å². The quantitative estimate of drug-likeness (QED) is 0.863. The minimum absolute atomic E-state index is 0.133. The summed E-state index contributed by atoms with van der Waals surface area (Å²) in [4.78, 5) is 16.6. The molecule has 0 fully saturated rings. The zero-order chi connectivity index (χ0) is 18.6. The second-order valence-corrected chi connectivity index (χ2v) is 6.83. The third-order valence-corrected chi connectivity index (χ3v) is 3.71. The van der Waals surface area contributed by atoms with Gasteiger partial charge in [-0.2, -0.15) is 4.98 Å². The van der Waals surface area contributed by atoms with E-state index in [1.54, 1.807) is 20.3 Å². The van der Waals surface area contributed by atoms with E-state index in [4.69, 9.17) is 14.0 Å². The van der Waals surface area contributed by atoms with Crippen molar-refractivity contribution in [1.82, 2.24) is 10.1 Å². The van der Waals surface area contributed by atoms with Crippen molar-refractivity contribution in [2.75, 3.05) is 19.5 Å². The fraction of sp³-hybridized carbons (Fsp3) is 0.500. The van der Waals surface area contributed by atoms with Gasteiger partial charge in [-0.1, -0.05) is 25.9 Å². The number of rotatable bonds is 6. The molecule has 0 spiro atoms. The van der Waals surface area contributed by atoms with E-state index in [9.17, 15) is 4.79 Å². The molecule has 25 heavy (non-hydrogen) atoms. The molecule has 2 rings (SSSR count). The van der Waals surface area contributed by atoms with E-state index in [-0.39, 0.29) is 17.7 Å². The van der Waals surface area contributed by atoms with Crippen molar-refractivity contribution >= 4 is 11.6 Å². The van der Waals surface area contributed by atoms with Crippen LogP contribution in [0.1, 0.15) is 44.5 Å². The largest absolute Gasteiger partial charge is 0.493 e. The van der Waals surface area contributed by atoms with Gasteiger partial charge in [-0.05, 0) is 18.6 Å². The van der Waals surface area contributed by atoms with Crippen LogP contribution in [0.5, 0.6) is 11.5 Å². The van der Waals surface area contributed by atoms with Gasteiger partial charge in [-0.3, -0.25) is 4.79 Å². The fourth-order valence-electron chi connectivity index (χ4n) is 2.21. The van der Waals surface area contributed by atoms with Gasteiger partial charge in [0, 0.05) is 30.0 Å². The van der Waals surface area contributed by atoms with E-state index in [0.29, 0.717) is 35.3 Å². The van der Waals surface area contributed by atoms with Gasteiger partial charge in [0.05, 0.1) is 14.2 Å². The molecule has 1 amide bonds. The Hall–Kier alpha value is -2.57. The van der Waals surface area contributed by atoms with Crippen molar-refractivity contribution in [3.05, 3.63) is 29.4 Å². The molecule has 0 aliphatic rings. The Morgan fingerprint density at radius 3 is 2.40 bits per heavy atom. The minimum atomic E-state index is -0.180. The first-order valence-electron chi connectivity index (χ1n) is 8.10. The Labute approximate surface area is 147 Å². The predicted octanol–water partition coefficient (Wildman–Crippen LogP) is 3.26. The first-order chi connectivity index (χ1) is 11.7. The highest BCUT2D eigenvalue weighted by molar-refractivity contribution is 5.92. The van der Waals surface area contributed by atoms with Gasteiger partial charge >= 0.3 is 0 Å². The molecule has 136 valence electrons. The van der Waals surface area contributed by atoms with Crippen LogP contribution >= 0.6 is 0 Å². The molecule has 2 aromatic rings. The lowest BCUT2D eigenvalue weighted by molar-refractivity contribution is -0.116. The average molecular weight is 347 g/mol. The molecule has 0 saturated carbocycles. The van der Waals surface area contributed by atoms with Crippen molar-refractivity contribution in [2.24, 2.45) is 0 Å². The summed E-state index contributed by atoms with van der Waals surface area (Å²) in [6, 6.07) is 3.57. The molecule has 0 aliphatic carbocycles. The van der Waals surface area contributed by atoms with Crippen LogP contribution in [0.25, 0.3) is 0 Å². The predicted molar refractivity (Wildman–Crippen MR) is 94.2 cm³/mol. The van der Waals surface area contributed by atoms with Gasteiger partial charge in [-0.15, -0.1) is 0 Å². The van der Waals surface area contributed by atoms with E-state index in [1.165, 1.54) is 0 Å². The SMILES string of the molecule is COc1cc(C)c(NC(=O)CCc2nc(C(C)(C)C)no2)cc1OC. The second kappa shape index (κ2) is 7.55. The van der Waals surface area contributed by atoms with E-state index in [2.05, 4.69) is 15.5 Å². The summed E-state index contributed by atoms with van der Waals surface area (Å²) in [6.45, 7) is 7.92. The zero-order valence-corrected chi connectivity index (χ0v) is 15.6. The number of methoxy groups -OCH3 is 2. The third-order valence-electron chi connectivity index (χ3n) is 3.71. The standard InChI is InChI=1S/C18H25N3O4/c1-11-9-13(23-5)14(24-6)10-12(11)19-15(22)7-8-16-20-17(21-25-16)18(2,3)4/h9-10H,7-8H2,1-6H3,(H,19,22). The number of benzene rings is 1. The monoisotopic (exact) mass is 347 g/mol. The highest BCUT2D eigenvalue weighted by Crippen LogP contribution is 2.33. The number of ether oxygens (including phenoxy) is 2. The number of hydrogen-bond donors (Lipinski definition) is 1. The van der Waals surface area contributed by atoms with Gasteiger partial charge in [0.25, 0.3) is 0 Å². The number of anilines is 1. The molecule has 0 aliphatic heterocycles. The molecule has 7 nitrogen and oxygen atoms in total. The maximum Gasteiger partial charge on any atom is 0.227 e. The Balaban J connectivity index is 2.00. The first kappa shape index (κ1) is 18.8. The van der Waals surface area contributed by atoms with Crippen LogP contribution in [0.3, 0.4) is 0 Å². The minimum Gasteiger partial charge on any atom is -0.493 e. The zero-order valence-electron chi connectivity index (χ0n) is 15.6. The molecular formula is C18H25N3O4. The number of aromatic nitrogens is 2. The van der Waals surface area contributed by atoms with Gasteiger partial charge < -0.3 is 19.3 Å². The van der Waals surface area contributed by atoms with Crippen LogP contribution in [-0.2, 0) is 16.6 Å². The summed E-state index contributed by atoms with van der Waals surface area (Å²) in [5.74, 6) is 2.15. The molecule has 1 N–H and O–H groups in total. The molecule has 0 saturated heterocycles. The number of aryl methyl sites for hydroxylation is 2. The van der Waals surface area contributed by atoms with Crippen LogP contribution in [0.15, 0.2) is 16.7 Å². The van der Waals surface area contributed by atoms with Crippen molar-refractivity contribution in [1.29, 1.82) is 0 Å².